The van der Waals surface area contributed by atoms with Gasteiger partial charge in [-0.3, -0.25) is 4.79 Å². The molecule has 1 saturated heterocycles. The van der Waals surface area contributed by atoms with E-state index in [9.17, 15) is 4.79 Å². The molecular weight excluding hydrogens is 268 g/mol. The van der Waals surface area contributed by atoms with E-state index in [2.05, 4.69) is 11.1 Å². The van der Waals surface area contributed by atoms with E-state index in [-0.39, 0.29) is 17.7 Å². The molecule has 1 aromatic heterocycles. The highest BCUT2D eigenvalue weighted by molar-refractivity contribution is 5.93. The SMILES string of the molecule is C#CC1COCCN1C(=O)c1cc(-c2ccccc2)no1. The number of amides is 1. The normalized spacial score (nSPS) is 18.2. The van der Waals surface area contributed by atoms with E-state index >= 15 is 0 Å². The van der Waals surface area contributed by atoms with E-state index in [1.54, 1.807) is 11.0 Å². The summed E-state index contributed by atoms with van der Waals surface area (Å²) in [4.78, 5) is 14.0. The maximum Gasteiger partial charge on any atom is 0.293 e. The predicted molar refractivity (Wildman–Crippen MR) is 76.4 cm³/mol. The second-order valence-corrected chi connectivity index (χ2v) is 4.70. The molecular formula is C16H14N2O3. The molecule has 1 unspecified atom stereocenters. The minimum absolute atomic E-state index is 0.191. The van der Waals surface area contributed by atoms with Crippen molar-refractivity contribution < 1.29 is 14.1 Å². The van der Waals surface area contributed by atoms with Gasteiger partial charge in [-0.05, 0) is 0 Å². The van der Waals surface area contributed by atoms with Crippen LogP contribution in [-0.4, -0.2) is 41.8 Å². The molecule has 2 aromatic rings. The van der Waals surface area contributed by atoms with Crippen LogP contribution in [0.1, 0.15) is 10.6 Å². The van der Waals surface area contributed by atoms with Gasteiger partial charge in [-0.15, -0.1) is 6.42 Å². The molecule has 0 spiro atoms. The lowest BCUT2D eigenvalue weighted by molar-refractivity contribution is 0.0115. The molecule has 5 heteroatoms. The van der Waals surface area contributed by atoms with Crippen LogP contribution >= 0.6 is 0 Å². The zero-order valence-corrected chi connectivity index (χ0v) is 11.4. The Kier molecular flexibility index (Phi) is 3.71. The first-order valence-electron chi connectivity index (χ1n) is 6.66. The second kappa shape index (κ2) is 5.81. The molecule has 1 aliphatic rings. The monoisotopic (exact) mass is 282 g/mol. The average molecular weight is 282 g/mol. The van der Waals surface area contributed by atoms with E-state index in [1.165, 1.54) is 0 Å². The molecule has 0 bridgehead atoms. The number of terminal acetylenes is 1. The Labute approximate surface area is 122 Å². The summed E-state index contributed by atoms with van der Waals surface area (Å²) in [7, 11) is 0. The summed E-state index contributed by atoms with van der Waals surface area (Å²) < 4.78 is 10.5. The number of aromatic nitrogens is 1. The quantitative estimate of drug-likeness (QED) is 0.788. The fraction of sp³-hybridized carbons (Fsp3) is 0.250. The Bertz CT molecular complexity index is 672. The Morgan fingerprint density at radius 2 is 2.19 bits per heavy atom. The van der Waals surface area contributed by atoms with Crippen LogP contribution in [0.2, 0.25) is 0 Å². The molecule has 0 radical (unpaired) electrons. The number of rotatable bonds is 2. The lowest BCUT2D eigenvalue weighted by Crippen LogP contribution is -2.47. The third-order valence-electron chi connectivity index (χ3n) is 3.37. The second-order valence-electron chi connectivity index (χ2n) is 4.70. The summed E-state index contributed by atoms with van der Waals surface area (Å²) in [5.41, 5.74) is 1.53. The highest BCUT2D eigenvalue weighted by Gasteiger charge is 2.29. The van der Waals surface area contributed by atoms with Crippen molar-refractivity contribution in [2.45, 2.75) is 6.04 Å². The van der Waals surface area contributed by atoms with Crippen molar-refractivity contribution >= 4 is 5.91 Å². The number of carbonyl (C=O) groups is 1. The first-order chi connectivity index (χ1) is 10.3. The van der Waals surface area contributed by atoms with Gasteiger partial charge in [0.15, 0.2) is 0 Å². The van der Waals surface area contributed by atoms with Crippen LogP contribution in [0.3, 0.4) is 0 Å². The summed E-state index contributed by atoms with van der Waals surface area (Å²) in [6.45, 7) is 1.28. The van der Waals surface area contributed by atoms with Crippen LogP contribution in [0.15, 0.2) is 40.9 Å². The zero-order chi connectivity index (χ0) is 14.7. The summed E-state index contributed by atoms with van der Waals surface area (Å²) >= 11 is 0. The summed E-state index contributed by atoms with van der Waals surface area (Å²) in [6.07, 6.45) is 5.44. The summed E-state index contributed by atoms with van der Waals surface area (Å²) in [6, 6.07) is 10.8. The van der Waals surface area contributed by atoms with Gasteiger partial charge < -0.3 is 14.2 Å². The van der Waals surface area contributed by atoms with Crippen LogP contribution in [0.4, 0.5) is 0 Å². The van der Waals surface area contributed by atoms with Gasteiger partial charge in [-0.1, -0.05) is 41.4 Å². The summed E-state index contributed by atoms with van der Waals surface area (Å²) in [5, 5.41) is 3.95. The number of hydrogen-bond acceptors (Lipinski definition) is 4. The van der Waals surface area contributed by atoms with Crippen molar-refractivity contribution in [2.24, 2.45) is 0 Å². The van der Waals surface area contributed by atoms with Crippen LogP contribution in [0, 0.1) is 12.3 Å². The van der Waals surface area contributed by atoms with Crippen LogP contribution in [-0.2, 0) is 4.74 Å². The van der Waals surface area contributed by atoms with Gasteiger partial charge in [0.25, 0.3) is 5.91 Å². The summed E-state index contributed by atoms with van der Waals surface area (Å²) in [5.74, 6) is 2.50. The Morgan fingerprint density at radius 3 is 2.95 bits per heavy atom. The number of ether oxygens (including phenoxy) is 1. The standard InChI is InChI=1S/C16H14N2O3/c1-2-13-11-20-9-8-18(13)16(19)15-10-14(17-21-15)12-6-4-3-5-7-12/h1,3-7,10,13H,8-9,11H2. The van der Waals surface area contributed by atoms with Crippen LogP contribution in [0.5, 0.6) is 0 Å². The Hall–Kier alpha value is -2.58. The minimum Gasteiger partial charge on any atom is -0.376 e. The van der Waals surface area contributed by atoms with E-state index in [4.69, 9.17) is 15.7 Å². The fourth-order valence-corrected chi connectivity index (χ4v) is 2.25. The van der Waals surface area contributed by atoms with Crippen molar-refractivity contribution in [3.8, 4) is 23.6 Å². The largest absolute Gasteiger partial charge is 0.376 e. The van der Waals surface area contributed by atoms with Crippen molar-refractivity contribution in [1.82, 2.24) is 10.1 Å². The number of nitrogens with zero attached hydrogens (tertiary/aromatic N) is 2. The Balaban J connectivity index is 1.83. The predicted octanol–water partition coefficient (Wildman–Crippen LogP) is 1.82. The molecule has 21 heavy (non-hydrogen) atoms. The molecule has 0 saturated carbocycles. The molecule has 1 amide bonds. The van der Waals surface area contributed by atoms with Gasteiger partial charge in [-0.2, -0.15) is 0 Å². The number of hydrogen-bond donors (Lipinski definition) is 0. The molecule has 106 valence electrons. The highest BCUT2D eigenvalue weighted by Crippen LogP contribution is 2.20. The molecule has 0 aliphatic carbocycles. The van der Waals surface area contributed by atoms with Gasteiger partial charge in [0.1, 0.15) is 11.7 Å². The molecule has 1 aromatic carbocycles. The molecule has 0 N–H and O–H groups in total. The highest BCUT2D eigenvalue weighted by atomic mass is 16.5. The average Bonchev–Trinajstić information content (AvgIpc) is 3.05. The van der Waals surface area contributed by atoms with Crippen molar-refractivity contribution in [3.63, 3.8) is 0 Å². The molecule has 2 heterocycles. The first-order valence-corrected chi connectivity index (χ1v) is 6.66. The maximum atomic E-state index is 12.5. The van der Waals surface area contributed by atoms with Crippen molar-refractivity contribution in [1.29, 1.82) is 0 Å². The topological polar surface area (TPSA) is 55.6 Å². The number of morpholine rings is 1. The molecule has 1 atom stereocenters. The lowest BCUT2D eigenvalue weighted by atomic mass is 10.1. The molecule has 3 rings (SSSR count). The van der Waals surface area contributed by atoms with Gasteiger partial charge in [-0.25, -0.2) is 0 Å². The Morgan fingerprint density at radius 1 is 1.38 bits per heavy atom. The number of benzene rings is 1. The molecule has 5 nitrogen and oxygen atoms in total. The van der Waals surface area contributed by atoms with Crippen molar-refractivity contribution in [2.75, 3.05) is 19.8 Å². The van der Waals surface area contributed by atoms with Gasteiger partial charge in [0, 0.05) is 18.2 Å². The van der Waals surface area contributed by atoms with Gasteiger partial charge in [0.2, 0.25) is 5.76 Å². The van der Waals surface area contributed by atoms with Gasteiger partial charge >= 0.3 is 0 Å². The third kappa shape index (κ3) is 2.67. The number of carbonyl (C=O) groups excluding carboxylic acids is 1. The maximum absolute atomic E-state index is 12.5. The minimum atomic E-state index is -0.364. The van der Waals surface area contributed by atoms with E-state index in [0.29, 0.717) is 25.5 Å². The molecule has 1 fully saturated rings. The smallest absolute Gasteiger partial charge is 0.293 e. The first kappa shape index (κ1) is 13.4. The fourth-order valence-electron chi connectivity index (χ4n) is 2.25. The molecule has 1 aliphatic heterocycles. The van der Waals surface area contributed by atoms with Crippen molar-refractivity contribution in [3.05, 3.63) is 42.2 Å². The lowest BCUT2D eigenvalue weighted by Gasteiger charge is -2.31. The van der Waals surface area contributed by atoms with E-state index in [1.807, 2.05) is 30.3 Å². The van der Waals surface area contributed by atoms with E-state index in [0.717, 1.165) is 5.56 Å². The van der Waals surface area contributed by atoms with Crippen LogP contribution in [0.25, 0.3) is 11.3 Å². The zero-order valence-electron chi connectivity index (χ0n) is 11.4. The van der Waals surface area contributed by atoms with E-state index < -0.39 is 0 Å². The van der Waals surface area contributed by atoms with Gasteiger partial charge in [0.05, 0.1) is 13.2 Å². The third-order valence-corrected chi connectivity index (χ3v) is 3.37. The van der Waals surface area contributed by atoms with Crippen LogP contribution < -0.4 is 0 Å².